The number of Topliss-reactive ketones (excluding diaryl/α,β-unsaturated/α-hetero) is 1. The van der Waals surface area contributed by atoms with Gasteiger partial charge in [0.05, 0.1) is 16.7 Å². The lowest BCUT2D eigenvalue weighted by Gasteiger charge is -2.42. The minimum atomic E-state index is -1.92. The fourth-order valence-corrected chi connectivity index (χ4v) is 4.49. The number of ether oxygens (including phenoxy) is 4. The topological polar surface area (TPSA) is 125 Å². The highest BCUT2D eigenvalue weighted by Crippen LogP contribution is 2.31. The van der Waals surface area contributed by atoms with E-state index in [2.05, 4.69) is 0 Å². The molecule has 1 heterocycles. The molecule has 0 spiro atoms. The fraction of sp³-hybridized carbons (Fsp3) is 0.152. The van der Waals surface area contributed by atoms with E-state index in [1.807, 2.05) is 0 Å². The number of esters is 3. The zero-order chi connectivity index (χ0) is 29.5. The largest absolute Gasteiger partial charge is 0.451 e. The summed E-state index contributed by atoms with van der Waals surface area (Å²) in [4.78, 5) is 53.2. The summed E-state index contributed by atoms with van der Waals surface area (Å²) < 4.78 is 22.8. The van der Waals surface area contributed by atoms with Crippen LogP contribution < -0.4 is 0 Å². The van der Waals surface area contributed by atoms with E-state index in [1.165, 1.54) is 48.5 Å². The lowest BCUT2D eigenvalue weighted by Crippen LogP contribution is -2.63. The molecule has 212 valence electrons. The van der Waals surface area contributed by atoms with Crippen LogP contribution in [0.1, 0.15) is 41.4 Å². The number of hydrogen-bond acceptors (Lipinski definition) is 9. The Kier molecular flexibility index (Phi) is 8.81. The first-order chi connectivity index (χ1) is 20.4. The van der Waals surface area contributed by atoms with Gasteiger partial charge in [-0.15, -0.1) is 0 Å². The Labute approximate surface area is 241 Å². The van der Waals surface area contributed by atoms with E-state index >= 15 is 0 Å². The summed E-state index contributed by atoms with van der Waals surface area (Å²) in [7, 11) is 0. The van der Waals surface area contributed by atoms with Crippen molar-refractivity contribution in [2.24, 2.45) is 0 Å². The van der Waals surface area contributed by atoms with E-state index < -0.39 is 54.4 Å². The Hall–Kier alpha value is -5.12. The van der Waals surface area contributed by atoms with Gasteiger partial charge in [-0.2, -0.15) is 0 Å². The summed E-state index contributed by atoms with van der Waals surface area (Å²) in [5, 5.41) is 11.1. The lowest BCUT2D eigenvalue weighted by molar-refractivity contribution is -0.267. The van der Waals surface area contributed by atoms with Gasteiger partial charge in [-0.05, 0) is 36.4 Å². The molecule has 4 aromatic carbocycles. The summed E-state index contributed by atoms with van der Waals surface area (Å²) in [6.45, 7) is 0. The minimum absolute atomic E-state index is 0.144. The van der Waals surface area contributed by atoms with Crippen LogP contribution in [0.2, 0.25) is 0 Å². The van der Waals surface area contributed by atoms with Crippen LogP contribution in [-0.2, 0) is 18.9 Å². The van der Waals surface area contributed by atoms with E-state index in [-0.39, 0.29) is 22.3 Å². The second-order valence-corrected chi connectivity index (χ2v) is 9.39. The quantitative estimate of drug-likeness (QED) is 0.189. The maximum atomic E-state index is 13.6. The maximum absolute atomic E-state index is 13.6. The van der Waals surface area contributed by atoms with Crippen LogP contribution in [0, 0.1) is 0 Å². The van der Waals surface area contributed by atoms with Gasteiger partial charge in [0.2, 0.25) is 0 Å². The van der Waals surface area contributed by atoms with E-state index in [4.69, 9.17) is 18.9 Å². The molecule has 0 bridgehead atoms. The molecule has 9 heteroatoms. The third-order valence-electron chi connectivity index (χ3n) is 6.59. The van der Waals surface area contributed by atoms with E-state index in [9.17, 15) is 24.3 Å². The molecule has 9 nitrogen and oxygen atoms in total. The van der Waals surface area contributed by atoms with E-state index in [0.717, 1.165) is 0 Å². The molecular weight excluding hydrogens is 540 g/mol. The third-order valence-corrected chi connectivity index (χ3v) is 6.59. The van der Waals surface area contributed by atoms with Crippen molar-refractivity contribution in [3.8, 4) is 0 Å². The van der Waals surface area contributed by atoms with Gasteiger partial charge >= 0.3 is 17.9 Å². The monoisotopic (exact) mass is 566 g/mol. The predicted molar refractivity (Wildman–Crippen MR) is 149 cm³/mol. The van der Waals surface area contributed by atoms with Gasteiger partial charge in [0.15, 0.2) is 36.5 Å². The zero-order valence-electron chi connectivity index (χ0n) is 22.1. The first kappa shape index (κ1) is 28.4. The number of aliphatic hydroxyl groups is 1. The number of carbonyl (C=O) groups is 4. The van der Waals surface area contributed by atoms with Crippen molar-refractivity contribution in [3.63, 3.8) is 0 Å². The van der Waals surface area contributed by atoms with Crippen molar-refractivity contribution in [3.05, 3.63) is 144 Å². The Morgan fingerprint density at radius 2 is 0.810 bits per heavy atom. The molecule has 1 aliphatic heterocycles. The summed E-state index contributed by atoms with van der Waals surface area (Å²) in [6.07, 6.45) is -8.46. The van der Waals surface area contributed by atoms with E-state index in [1.54, 1.807) is 72.8 Å². The number of aliphatic hydroxyl groups excluding tert-OH is 1. The van der Waals surface area contributed by atoms with Crippen LogP contribution in [0.5, 0.6) is 0 Å². The molecule has 0 aliphatic carbocycles. The molecule has 42 heavy (non-hydrogen) atoms. The van der Waals surface area contributed by atoms with Crippen molar-refractivity contribution in [1.29, 1.82) is 0 Å². The van der Waals surface area contributed by atoms with Gasteiger partial charge in [0.1, 0.15) is 0 Å². The Balaban J connectivity index is 1.55. The summed E-state index contributed by atoms with van der Waals surface area (Å²) in [5.74, 6) is -3.21. The number of ketones is 1. The molecule has 0 saturated carbocycles. The number of carbonyl (C=O) groups excluding carboxylic acids is 4. The highest BCUT2D eigenvalue weighted by molar-refractivity contribution is 6.00. The highest BCUT2D eigenvalue weighted by Gasteiger charge is 2.54. The third kappa shape index (κ3) is 6.43. The second kappa shape index (κ2) is 13.0. The van der Waals surface area contributed by atoms with Crippen LogP contribution in [0.4, 0.5) is 0 Å². The molecule has 1 N–H and O–H groups in total. The molecule has 0 radical (unpaired) electrons. The van der Waals surface area contributed by atoms with E-state index in [0.29, 0.717) is 0 Å². The number of rotatable bonds is 8. The average molecular weight is 567 g/mol. The van der Waals surface area contributed by atoms with Gasteiger partial charge in [0, 0.05) is 5.56 Å². The van der Waals surface area contributed by atoms with Crippen LogP contribution in [0.15, 0.2) is 121 Å². The Morgan fingerprint density at radius 1 is 0.476 bits per heavy atom. The summed E-state index contributed by atoms with van der Waals surface area (Å²) >= 11 is 0. The second-order valence-electron chi connectivity index (χ2n) is 9.39. The lowest BCUT2D eigenvalue weighted by atomic mass is 9.92. The molecule has 0 aromatic heterocycles. The zero-order valence-corrected chi connectivity index (χ0v) is 22.1. The Bertz CT molecular complexity index is 1530. The van der Waals surface area contributed by atoms with Crippen molar-refractivity contribution in [2.45, 2.75) is 30.7 Å². The average Bonchev–Trinajstić information content (AvgIpc) is 3.04. The molecule has 1 fully saturated rings. The van der Waals surface area contributed by atoms with Gasteiger partial charge < -0.3 is 24.1 Å². The van der Waals surface area contributed by atoms with Crippen LogP contribution in [0.3, 0.4) is 0 Å². The molecule has 4 aromatic rings. The smallest absolute Gasteiger partial charge is 0.338 e. The van der Waals surface area contributed by atoms with Crippen LogP contribution in [0.25, 0.3) is 0 Å². The first-order valence-electron chi connectivity index (χ1n) is 13.1. The molecule has 1 aliphatic rings. The number of hydrogen-bond donors (Lipinski definition) is 1. The number of benzene rings is 4. The SMILES string of the molecule is O=C(O[C@@H]1[C@@H](OC(=O)c2ccccc2)[C@@H](O)OC(C(=O)c2ccccc2)[C@H]1OC(=O)c1ccccc1)c1ccccc1. The van der Waals surface area contributed by atoms with Crippen molar-refractivity contribution in [2.75, 3.05) is 0 Å². The van der Waals surface area contributed by atoms with Gasteiger partial charge in [-0.25, -0.2) is 14.4 Å². The molecule has 1 saturated heterocycles. The minimum Gasteiger partial charge on any atom is -0.451 e. The normalized spacial score (nSPS) is 21.5. The first-order valence-corrected chi connectivity index (χ1v) is 13.1. The molecule has 1 unspecified atom stereocenters. The van der Waals surface area contributed by atoms with Gasteiger partial charge in [-0.1, -0.05) is 84.9 Å². The maximum Gasteiger partial charge on any atom is 0.338 e. The van der Waals surface area contributed by atoms with Crippen molar-refractivity contribution in [1.82, 2.24) is 0 Å². The predicted octanol–water partition coefficient (Wildman–Crippen LogP) is 4.26. The molecule has 5 atom stereocenters. The Morgan fingerprint density at radius 3 is 1.21 bits per heavy atom. The van der Waals surface area contributed by atoms with Gasteiger partial charge in [-0.3, -0.25) is 4.79 Å². The summed E-state index contributed by atoms with van der Waals surface area (Å²) in [6, 6.07) is 31.9. The molecule has 0 amide bonds. The highest BCUT2D eigenvalue weighted by atomic mass is 16.7. The van der Waals surface area contributed by atoms with Crippen molar-refractivity contribution >= 4 is 23.7 Å². The standard InChI is InChI=1S/C33H26O9/c34-25(21-13-5-1-6-14-21)26-27(40-30(35)22-15-7-2-8-16-22)28(41-31(36)23-17-9-3-10-18-23)29(33(38)39-26)42-32(37)24-19-11-4-12-20-24/h1-20,26-29,33,38H/t26?,27-,28+,29-,33+/m1/s1. The molecule has 5 rings (SSSR count). The van der Waals surface area contributed by atoms with Crippen LogP contribution >= 0.6 is 0 Å². The summed E-state index contributed by atoms with van der Waals surface area (Å²) in [5.41, 5.74) is 0.646. The molecular formula is C33H26O9. The van der Waals surface area contributed by atoms with Gasteiger partial charge in [0.25, 0.3) is 0 Å². The van der Waals surface area contributed by atoms with Crippen molar-refractivity contribution < 1.29 is 43.2 Å². The fourth-order valence-electron chi connectivity index (χ4n) is 4.49. The van der Waals surface area contributed by atoms with Crippen LogP contribution in [-0.4, -0.2) is 59.5 Å².